The fraction of sp³-hybridized carbons (Fsp3) is 0.923. The van der Waals surface area contributed by atoms with Gasteiger partial charge in [0.2, 0.25) is 0 Å². The van der Waals surface area contributed by atoms with Gasteiger partial charge in [-0.2, -0.15) is 0 Å². The molecule has 0 spiro atoms. The van der Waals surface area contributed by atoms with Crippen LogP contribution in [0.2, 0.25) is 0 Å². The lowest BCUT2D eigenvalue weighted by molar-refractivity contribution is -0.145. The van der Waals surface area contributed by atoms with Crippen molar-refractivity contribution in [1.82, 2.24) is 0 Å². The Morgan fingerprint density at radius 3 is 2.69 bits per heavy atom. The molecule has 3 nitrogen and oxygen atoms in total. The molecule has 2 fully saturated rings. The summed E-state index contributed by atoms with van der Waals surface area (Å²) in [5.74, 6) is -0.379. The molecule has 2 rings (SSSR count). The summed E-state index contributed by atoms with van der Waals surface area (Å²) in [4.78, 5) is 11.2. The summed E-state index contributed by atoms with van der Waals surface area (Å²) in [5, 5.41) is 9.22. The largest absolute Gasteiger partial charge is 0.481 e. The first kappa shape index (κ1) is 11.9. The monoisotopic (exact) mass is 226 g/mol. The molecule has 16 heavy (non-hydrogen) atoms. The molecule has 3 heteroatoms. The van der Waals surface area contributed by atoms with Crippen molar-refractivity contribution in [3.8, 4) is 0 Å². The second-order valence-electron chi connectivity index (χ2n) is 5.24. The van der Waals surface area contributed by atoms with Crippen LogP contribution >= 0.6 is 0 Å². The van der Waals surface area contributed by atoms with E-state index >= 15 is 0 Å². The molecule has 2 aliphatic rings. The summed E-state index contributed by atoms with van der Waals surface area (Å²) in [6, 6.07) is 0. The number of unbranched alkanes of at least 4 members (excludes halogenated alkanes) is 1. The third-order valence-electron chi connectivity index (χ3n) is 4.07. The van der Waals surface area contributed by atoms with Crippen LogP contribution in [0, 0.1) is 11.8 Å². The number of aliphatic carboxylic acids is 1. The maximum Gasteiger partial charge on any atom is 0.309 e. The van der Waals surface area contributed by atoms with E-state index in [0.29, 0.717) is 5.92 Å². The van der Waals surface area contributed by atoms with E-state index in [2.05, 4.69) is 6.92 Å². The Morgan fingerprint density at radius 1 is 1.44 bits per heavy atom. The summed E-state index contributed by atoms with van der Waals surface area (Å²) in [6.07, 6.45) is 7.85. The van der Waals surface area contributed by atoms with Crippen molar-refractivity contribution in [3.05, 3.63) is 0 Å². The molecular weight excluding hydrogens is 204 g/mol. The lowest BCUT2D eigenvalue weighted by Gasteiger charge is -2.33. The van der Waals surface area contributed by atoms with Gasteiger partial charge in [0.25, 0.3) is 0 Å². The van der Waals surface area contributed by atoms with Crippen LogP contribution in [0.3, 0.4) is 0 Å². The van der Waals surface area contributed by atoms with Gasteiger partial charge in [0.05, 0.1) is 18.1 Å². The first-order valence-corrected chi connectivity index (χ1v) is 6.60. The van der Waals surface area contributed by atoms with Crippen LogP contribution in [-0.4, -0.2) is 23.3 Å². The summed E-state index contributed by atoms with van der Waals surface area (Å²) in [6.45, 7) is 2.16. The zero-order valence-electron chi connectivity index (χ0n) is 10.0. The Labute approximate surface area is 97.2 Å². The zero-order chi connectivity index (χ0) is 11.5. The molecule has 0 bridgehead atoms. The summed E-state index contributed by atoms with van der Waals surface area (Å²) < 4.78 is 5.96. The van der Waals surface area contributed by atoms with Crippen LogP contribution in [0.4, 0.5) is 0 Å². The number of hydrogen-bond acceptors (Lipinski definition) is 2. The first-order valence-electron chi connectivity index (χ1n) is 6.60. The van der Waals surface area contributed by atoms with Gasteiger partial charge in [-0.25, -0.2) is 0 Å². The number of carboxylic acid groups (broad SMARTS) is 1. The van der Waals surface area contributed by atoms with E-state index in [-0.39, 0.29) is 18.1 Å². The second-order valence-corrected chi connectivity index (χ2v) is 5.24. The van der Waals surface area contributed by atoms with Crippen molar-refractivity contribution in [3.63, 3.8) is 0 Å². The van der Waals surface area contributed by atoms with Crippen LogP contribution in [0.5, 0.6) is 0 Å². The molecule has 0 amide bonds. The number of hydrogen-bond donors (Lipinski definition) is 1. The van der Waals surface area contributed by atoms with Gasteiger partial charge in [-0.15, -0.1) is 0 Å². The summed E-state index contributed by atoms with van der Waals surface area (Å²) in [5.41, 5.74) is 0. The minimum atomic E-state index is -0.657. The minimum absolute atomic E-state index is 0.00751. The molecule has 0 aromatic carbocycles. The Kier molecular flexibility index (Phi) is 3.85. The van der Waals surface area contributed by atoms with Crippen LogP contribution in [0.15, 0.2) is 0 Å². The highest BCUT2D eigenvalue weighted by Crippen LogP contribution is 2.41. The Hall–Kier alpha value is -0.570. The van der Waals surface area contributed by atoms with Gasteiger partial charge in [0.1, 0.15) is 0 Å². The zero-order valence-corrected chi connectivity index (χ0v) is 10.0. The van der Waals surface area contributed by atoms with Gasteiger partial charge in [-0.3, -0.25) is 4.79 Å². The molecule has 3 atom stereocenters. The van der Waals surface area contributed by atoms with Crippen LogP contribution < -0.4 is 0 Å². The van der Waals surface area contributed by atoms with E-state index in [1.807, 2.05) is 0 Å². The van der Waals surface area contributed by atoms with Crippen molar-refractivity contribution >= 4 is 5.97 Å². The fourth-order valence-corrected chi connectivity index (χ4v) is 2.86. The molecule has 1 saturated heterocycles. The van der Waals surface area contributed by atoms with Gasteiger partial charge < -0.3 is 9.84 Å². The third kappa shape index (κ3) is 2.40. The number of carbonyl (C=O) groups is 1. The number of carboxylic acids is 1. The standard InChI is InChI=1S/C13H22O3/c1-2-3-7-10-8-11(13(14)15)12(16-10)9-5-4-6-9/h9-12H,2-8H2,1H3,(H,14,15). The van der Waals surface area contributed by atoms with Gasteiger partial charge in [-0.1, -0.05) is 26.2 Å². The van der Waals surface area contributed by atoms with Crippen molar-refractivity contribution in [2.24, 2.45) is 11.8 Å². The van der Waals surface area contributed by atoms with Crippen LogP contribution in [0.25, 0.3) is 0 Å². The second kappa shape index (κ2) is 5.17. The van der Waals surface area contributed by atoms with Crippen molar-refractivity contribution in [2.75, 3.05) is 0 Å². The molecule has 1 heterocycles. The predicted octanol–water partition coefficient (Wildman–Crippen LogP) is 2.84. The van der Waals surface area contributed by atoms with Gasteiger partial charge >= 0.3 is 5.97 Å². The molecule has 1 N–H and O–H groups in total. The normalized spacial score (nSPS) is 34.9. The van der Waals surface area contributed by atoms with Gasteiger partial charge in [0, 0.05) is 0 Å². The Morgan fingerprint density at radius 2 is 2.19 bits per heavy atom. The highest BCUT2D eigenvalue weighted by molar-refractivity contribution is 5.71. The van der Waals surface area contributed by atoms with E-state index in [9.17, 15) is 9.90 Å². The van der Waals surface area contributed by atoms with E-state index in [0.717, 1.165) is 38.5 Å². The Bertz CT molecular complexity index is 248. The molecule has 1 aliphatic heterocycles. The molecule has 0 radical (unpaired) electrons. The molecule has 3 unspecified atom stereocenters. The highest BCUT2D eigenvalue weighted by Gasteiger charge is 2.44. The van der Waals surface area contributed by atoms with E-state index in [1.165, 1.54) is 6.42 Å². The molecule has 92 valence electrons. The lowest BCUT2D eigenvalue weighted by atomic mass is 9.76. The fourth-order valence-electron chi connectivity index (χ4n) is 2.86. The van der Waals surface area contributed by atoms with E-state index in [4.69, 9.17) is 4.74 Å². The third-order valence-corrected chi connectivity index (χ3v) is 4.07. The smallest absolute Gasteiger partial charge is 0.309 e. The van der Waals surface area contributed by atoms with E-state index in [1.54, 1.807) is 0 Å². The minimum Gasteiger partial charge on any atom is -0.481 e. The van der Waals surface area contributed by atoms with Crippen molar-refractivity contribution < 1.29 is 14.6 Å². The average molecular weight is 226 g/mol. The SMILES string of the molecule is CCCCC1CC(C(=O)O)C(C2CCC2)O1. The first-order chi connectivity index (χ1) is 7.72. The highest BCUT2D eigenvalue weighted by atomic mass is 16.5. The maximum absolute atomic E-state index is 11.2. The lowest BCUT2D eigenvalue weighted by Crippen LogP contribution is -2.35. The van der Waals surface area contributed by atoms with Gasteiger partial charge in [0.15, 0.2) is 0 Å². The molecule has 1 saturated carbocycles. The Balaban J connectivity index is 1.91. The van der Waals surface area contributed by atoms with Crippen molar-refractivity contribution in [1.29, 1.82) is 0 Å². The van der Waals surface area contributed by atoms with Crippen LogP contribution in [0.1, 0.15) is 51.9 Å². The molecule has 0 aromatic heterocycles. The quantitative estimate of drug-likeness (QED) is 0.784. The molecule has 0 aromatic rings. The maximum atomic E-state index is 11.2. The average Bonchev–Trinajstić information content (AvgIpc) is 2.56. The summed E-state index contributed by atoms with van der Waals surface area (Å²) in [7, 11) is 0. The number of rotatable bonds is 5. The number of ether oxygens (including phenoxy) is 1. The summed E-state index contributed by atoms with van der Waals surface area (Å²) >= 11 is 0. The van der Waals surface area contributed by atoms with Crippen molar-refractivity contribution in [2.45, 2.75) is 64.1 Å². The van der Waals surface area contributed by atoms with Crippen LogP contribution in [-0.2, 0) is 9.53 Å². The molecular formula is C13H22O3. The van der Waals surface area contributed by atoms with E-state index < -0.39 is 5.97 Å². The van der Waals surface area contributed by atoms with Gasteiger partial charge in [-0.05, 0) is 31.6 Å². The topological polar surface area (TPSA) is 46.5 Å². The predicted molar refractivity (Wildman–Crippen MR) is 61.3 cm³/mol. The molecule has 1 aliphatic carbocycles.